The number of hydrogen-bond acceptors (Lipinski definition) is 3. The Bertz CT molecular complexity index is 539. The van der Waals surface area contributed by atoms with Gasteiger partial charge in [-0.1, -0.05) is 12.1 Å². The minimum Gasteiger partial charge on any atom is -0.480 e. The molecule has 116 valence electrons. The van der Waals surface area contributed by atoms with Gasteiger partial charge in [0.25, 0.3) is 0 Å². The summed E-state index contributed by atoms with van der Waals surface area (Å²) in [5.41, 5.74) is -1.85. The second-order valence-electron chi connectivity index (χ2n) is 6.07. The Hall–Kier alpha value is -2.11. The van der Waals surface area contributed by atoms with E-state index >= 15 is 0 Å². The van der Waals surface area contributed by atoms with Crippen LogP contribution in [0.1, 0.15) is 33.3 Å². The molecule has 0 fully saturated rings. The summed E-state index contributed by atoms with van der Waals surface area (Å²) in [6.07, 6.45) is -0.886. The summed E-state index contributed by atoms with van der Waals surface area (Å²) >= 11 is 0. The van der Waals surface area contributed by atoms with Crippen LogP contribution in [0, 0.1) is 5.82 Å². The topological polar surface area (TPSA) is 75.6 Å². The van der Waals surface area contributed by atoms with Crippen LogP contribution in [-0.4, -0.2) is 28.3 Å². The minimum atomic E-state index is -1.59. The predicted octanol–water partition coefficient (Wildman–Crippen LogP) is 2.74. The van der Waals surface area contributed by atoms with E-state index in [0.717, 1.165) is 0 Å². The van der Waals surface area contributed by atoms with Crippen LogP contribution in [0.4, 0.5) is 9.18 Å². The zero-order valence-corrected chi connectivity index (χ0v) is 12.6. The molecule has 21 heavy (non-hydrogen) atoms. The molecule has 0 spiro atoms. The van der Waals surface area contributed by atoms with E-state index in [4.69, 9.17) is 4.74 Å². The highest BCUT2D eigenvalue weighted by atomic mass is 19.1. The summed E-state index contributed by atoms with van der Waals surface area (Å²) in [6.45, 7) is 6.38. The van der Waals surface area contributed by atoms with Crippen molar-refractivity contribution in [2.45, 2.75) is 45.3 Å². The molecule has 0 radical (unpaired) electrons. The van der Waals surface area contributed by atoms with Gasteiger partial charge in [0.05, 0.1) is 0 Å². The molecule has 1 unspecified atom stereocenters. The molecular formula is C15H20FNO4. The fraction of sp³-hybridized carbons (Fsp3) is 0.467. The first-order valence-electron chi connectivity index (χ1n) is 6.51. The SMILES string of the molecule is CC(C)(C)OC(=O)NC(C)(Cc1cccc(F)c1)C(=O)O. The summed E-state index contributed by atoms with van der Waals surface area (Å²) in [5, 5.41) is 11.7. The van der Waals surface area contributed by atoms with Crippen molar-refractivity contribution in [3.05, 3.63) is 35.6 Å². The summed E-state index contributed by atoms with van der Waals surface area (Å²) < 4.78 is 18.2. The normalized spacial score (nSPS) is 14.1. The fourth-order valence-corrected chi connectivity index (χ4v) is 1.76. The largest absolute Gasteiger partial charge is 0.480 e. The molecule has 1 atom stereocenters. The highest BCUT2D eigenvalue weighted by Crippen LogP contribution is 2.16. The Kier molecular flexibility index (Phi) is 4.93. The number of aliphatic carboxylic acids is 1. The Balaban J connectivity index is 2.88. The van der Waals surface area contributed by atoms with E-state index in [9.17, 15) is 19.1 Å². The van der Waals surface area contributed by atoms with E-state index < -0.39 is 29.0 Å². The van der Waals surface area contributed by atoms with Crippen LogP contribution in [-0.2, 0) is 16.0 Å². The number of amides is 1. The van der Waals surface area contributed by atoms with E-state index in [1.54, 1.807) is 26.8 Å². The van der Waals surface area contributed by atoms with Gasteiger partial charge in [0, 0.05) is 6.42 Å². The molecule has 1 amide bonds. The minimum absolute atomic E-state index is 0.0562. The second-order valence-corrected chi connectivity index (χ2v) is 6.07. The first-order chi connectivity index (χ1) is 9.52. The van der Waals surface area contributed by atoms with Crippen molar-refractivity contribution in [2.24, 2.45) is 0 Å². The molecule has 1 aromatic carbocycles. The van der Waals surface area contributed by atoms with Crippen LogP contribution in [0.5, 0.6) is 0 Å². The van der Waals surface area contributed by atoms with Crippen molar-refractivity contribution in [3.63, 3.8) is 0 Å². The molecule has 2 N–H and O–H groups in total. The fourth-order valence-electron chi connectivity index (χ4n) is 1.76. The molecule has 1 aromatic rings. The number of nitrogens with one attached hydrogen (secondary N) is 1. The predicted molar refractivity (Wildman–Crippen MR) is 75.5 cm³/mol. The van der Waals surface area contributed by atoms with Gasteiger partial charge in [0.15, 0.2) is 0 Å². The number of carbonyl (C=O) groups is 2. The highest BCUT2D eigenvalue weighted by molar-refractivity contribution is 5.84. The van der Waals surface area contributed by atoms with E-state index in [2.05, 4.69) is 5.32 Å². The van der Waals surface area contributed by atoms with Crippen LogP contribution >= 0.6 is 0 Å². The molecule has 1 rings (SSSR count). The number of rotatable bonds is 4. The maximum atomic E-state index is 13.2. The van der Waals surface area contributed by atoms with Crippen molar-refractivity contribution in [3.8, 4) is 0 Å². The van der Waals surface area contributed by atoms with Gasteiger partial charge in [-0.25, -0.2) is 14.0 Å². The molecule has 5 nitrogen and oxygen atoms in total. The summed E-state index contributed by atoms with van der Waals surface area (Å²) in [6, 6.07) is 5.59. The van der Waals surface area contributed by atoms with Gasteiger partial charge in [-0.15, -0.1) is 0 Å². The smallest absolute Gasteiger partial charge is 0.408 e. The number of alkyl carbamates (subject to hydrolysis) is 1. The van der Waals surface area contributed by atoms with Crippen molar-refractivity contribution in [2.75, 3.05) is 0 Å². The summed E-state index contributed by atoms with van der Waals surface area (Å²) in [4.78, 5) is 23.2. The van der Waals surface area contributed by atoms with Crippen molar-refractivity contribution >= 4 is 12.1 Å². The number of carboxylic acid groups (broad SMARTS) is 1. The number of ether oxygens (including phenoxy) is 1. The zero-order chi connectivity index (χ0) is 16.3. The Morgan fingerprint density at radius 1 is 1.29 bits per heavy atom. The third kappa shape index (κ3) is 5.41. The Morgan fingerprint density at radius 3 is 2.38 bits per heavy atom. The second kappa shape index (κ2) is 6.11. The lowest BCUT2D eigenvalue weighted by atomic mass is 9.93. The standard InChI is InChI=1S/C15H20FNO4/c1-14(2,3)21-13(20)17-15(4,12(18)19)9-10-6-5-7-11(16)8-10/h5-8H,9H2,1-4H3,(H,17,20)(H,18,19). The third-order valence-electron chi connectivity index (χ3n) is 2.70. The van der Waals surface area contributed by atoms with Gasteiger partial charge < -0.3 is 15.2 Å². The number of halogens is 1. The van der Waals surface area contributed by atoms with Crippen molar-refractivity contribution in [1.82, 2.24) is 5.32 Å². The number of benzene rings is 1. The molecule has 0 saturated carbocycles. The molecular weight excluding hydrogens is 277 g/mol. The lowest BCUT2D eigenvalue weighted by Crippen LogP contribution is -2.54. The number of carboxylic acids is 1. The first-order valence-corrected chi connectivity index (χ1v) is 6.51. The molecule has 0 bridgehead atoms. The average molecular weight is 297 g/mol. The van der Waals surface area contributed by atoms with Crippen LogP contribution in [0.15, 0.2) is 24.3 Å². The molecule has 6 heteroatoms. The average Bonchev–Trinajstić information content (AvgIpc) is 2.25. The van der Waals surface area contributed by atoms with Gasteiger partial charge in [-0.2, -0.15) is 0 Å². The molecule has 0 aromatic heterocycles. The quantitative estimate of drug-likeness (QED) is 0.896. The van der Waals surface area contributed by atoms with E-state index in [1.165, 1.54) is 25.1 Å². The molecule has 0 aliphatic rings. The Labute approximate surface area is 123 Å². The van der Waals surface area contributed by atoms with E-state index in [-0.39, 0.29) is 6.42 Å². The molecule has 0 aliphatic carbocycles. The van der Waals surface area contributed by atoms with Gasteiger partial charge in [0.1, 0.15) is 17.0 Å². The molecule has 0 saturated heterocycles. The number of carbonyl (C=O) groups excluding carboxylic acids is 1. The van der Waals surface area contributed by atoms with Gasteiger partial charge in [0.2, 0.25) is 0 Å². The summed E-state index contributed by atoms with van der Waals surface area (Å²) in [5.74, 6) is -1.69. The summed E-state index contributed by atoms with van der Waals surface area (Å²) in [7, 11) is 0. The monoisotopic (exact) mass is 297 g/mol. The van der Waals surface area contributed by atoms with Gasteiger partial charge in [-0.05, 0) is 45.4 Å². The lowest BCUT2D eigenvalue weighted by molar-refractivity contribution is -0.144. The van der Waals surface area contributed by atoms with Crippen LogP contribution in [0.3, 0.4) is 0 Å². The zero-order valence-electron chi connectivity index (χ0n) is 12.6. The highest BCUT2D eigenvalue weighted by Gasteiger charge is 2.36. The lowest BCUT2D eigenvalue weighted by Gasteiger charge is -2.28. The maximum Gasteiger partial charge on any atom is 0.408 e. The van der Waals surface area contributed by atoms with Gasteiger partial charge >= 0.3 is 12.1 Å². The van der Waals surface area contributed by atoms with Crippen LogP contribution in [0.2, 0.25) is 0 Å². The van der Waals surface area contributed by atoms with E-state index in [1.807, 2.05) is 0 Å². The van der Waals surface area contributed by atoms with Crippen LogP contribution < -0.4 is 5.32 Å². The third-order valence-corrected chi connectivity index (χ3v) is 2.70. The number of hydrogen-bond donors (Lipinski definition) is 2. The molecule has 0 aliphatic heterocycles. The van der Waals surface area contributed by atoms with Crippen LogP contribution in [0.25, 0.3) is 0 Å². The maximum absolute atomic E-state index is 13.2. The Morgan fingerprint density at radius 2 is 1.90 bits per heavy atom. The van der Waals surface area contributed by atoms with E-state index in [0.29, 0.717) is 5.56 Å². The van der Waals surface area contributed by atoms with Gasteiger partial charge in [-0.3, -0.25) is 0 Å². The van der Waals surface area contributed by atoms with Crippen molar-refractivity contribution in [1.29, 1.82) is 0 Å². The first kappa shape index (κ1) is 16.9. The molecule has 0 heterocycles. The van der Waals surface area contributed by atoms with Crippen molar-refractivity contribution < 1.29 is 23.8 Å².